The Labute approximate surface area is 97.5 Å². The number of aromatic nitrogens is 2. The lowest BCUT2D eigenvalue weighted by Gasteiger charge is -2.04. The van der Waals surface area contributed by atoms with E-state index >= 15 is 0 Å². The van der Waals surface area contributed by atoms with Gasteiger partial charge in [-0.2, -0.15) is 0 Å². The van der Waals surface area contributed by atoms with Crippen LogP contribution in [0, 0.1) is 6.92 Å². The molecule has 4 nitrogen and oxygen atoms in total. The van der Waals surface area contributed by atoms with E-state index in [9.17, 15) is 4.79 Å². The minimum atomic E-state index is -0.816. The molecule has 5 heteroatoms. The third kappa shape index (κ3) is 2.02. The van der Waals surface area contributed by atoms with Crippen molar-refractivity contribution in [2.24, 2.45) is 0 Å². The smallest absolute Gasteiger partial charge is 0.305 e. The lowest BCUT2D eigenvalue weighted by atomic mass is 10.3. The summed E-state index contributed by atoms with van der Waals surface area (Å²) in [6, 6.07) is 5.42. The van der Waals surface area contributed by atoms with Crippen molar-refractivity contribution in [1.29, 1.82) is 0 Å². The molecule has 0 aliphatic rings. The standard InChI is InChI=1S/C11H11ClN2O2/c1-7-13-9-3-2-8(12)6-10(9)14(7)5-4-11(15)16/h2-3,6H,4-5H2,1H3,(H,15,16). The summed E-state index contributed by atoms with van der Waals surface area (Å²) in [6.45, 7) is 2.27. The Kier molecular flexibility index (Phi) is 2.83. The molecule has 0 aliphatic heterocycles. The van der Waals surface area contributed by atoms with Crippen LogP contribution in [-0.2, 0) is 11.3 Å². The minimum Gasteiger partial charge on any atom is -0.481 e. The minimum absolute atomic E-state index is 0.0822. The highest BCUT2D eigenvalue weighted by atomic mass is 35.5. The molecule has 0 fully saturated rings. The van der Waals surface area contributed by atoms with E-state index in [0.717, 1.165) is 16.9 Å². The van der Waals surface area contributed by atoms with Gasteiger partial charge in [-0.25, -0.2) is 4.98 Å². The number of benzene rings is 1. The fourth-order valence-electron chi connectivity index (χ4n) is 1.71. The van der Waals surface area contributed by atoms with E-state index in [1.54, 1.807) is 12.1 Å². The van der Waals surface area contributed by atoms with E-state index in [2.05, 4.69) is 4.98 Å². The first-order chi connectivity index (χ1) is 7.58. The van der Waals surface area contributed by atoms with Crippen LogP contribution in [0.15, 0.2) is 18.2 Å². The highest BCUT2D eigenvalue weighted by molar-refractivity contribution is 6.31. The summed E-state index contributed by atoms with van der Waals surface area (Å²) in [6.07, 6.45) is 0.0822. The molecule has 2 aromatic rings. The summed E-state index contributed by atoms with van der Waals surface area (Å²) in [4.78, 5) is 14.9. The SMILES string of the molecule is Cc1nc2ccc(Cl)cc2n1CCC(=O)O. The first kappa shape index (κ1) is 11.0. The number of carboxylic acid groups (broad SMARTS) is 1. The van der Waals surface area contributed by atoms with Crippen molar-refractivity contribution in [3.8, 4) is 0 Å². The fraction of sp³-hybridized carbons (Fsp3) is 0.273. The lowest BCUT2D eigenvalue weighted by molar-refractivity contribution is -0.137. The Bertz CT molecular complexity index is 548. The van der Waals surface area contributed by atoms with Gasteiger partial charge in [0.25, 0.3) is 0 Å². The first-order valence-electron chi connectivity index (χ1n) is 4.92. The summed E-state index contributed by atoms with van der Waals surface area (Å²) in [5.74, 6) is -0.0122. The average Bonchev–Trinajstić information content (AvgIpc) is 2.51. The number of aryl methyl sites for hydroxylation is 2. The molecule has 2 rings (SSSR count). The number of imidazole rings is 1. The quantitative estimate of drug-likeness (QED) is 0.894. The van der Waals surface area contributed by atoms with Crippen molar-refractivity contribution in [3.63, 3.8) is 0 Å². The summed E-state index contributed by atoms with van der Waals surface area (Å²) in [5.41, 5.74) is 1.72. The third-order valence-corrected chi connectivity index (χ3v) is 2.69. The van der Waals surface area contributed by atoms with E-state index in [4.69, 9.17) is 16.7 Å². The molecule has 0 radical (unpaired) electrons. The molecule has 0 atom stereocenters. The molecule has 1 aromatic heterocycles. The van der Waals surface area contributed by atoms with Gasteiger partial charge in [0.05, 0.1) is 17.5 Å². The van der Waals surface area contributed by atoms with Crippen molar-refractivity contribution >= 4 is 28.6 Å². The zero-order valence-electron chi connectivity index (χ0n) is 8.77. The monoisotopic (exact) mass is 238 g/mol. The number of hydrogen-bond donors (Lipinski definition) is 1. The molecule has 0 spiro atoms. The maximum atomic E-state index is 10.5. The molecule has 0 aliphatic carbocycles. The Hall–Kier alpha value is -1.55. The molecule has 0 amide bonds. The summed E-state index contributed by atoms with van der Waals surface area (Å²) < 4.78 is 1.87. The normalized spacial score (nSPS) is 10.9. The van der Waals surface area contributed by atoms with Gasteiger partial charge in [0.15, 0.2) is 0 Å². The van der Waals surface area contributed by atoms with Crippen molar-refractivity contribution in [1.82, 2.24) is 9.55 Å². The summed E-state index contributed by atoms with van der Waals surface area (Å²) in [5, 5.41) is 9.30. The summed E-state index contributed by atoms with van der Waals surface area (Å²) >= 11 is 5.91. The number of halogens is 1. The van der Waals surface area contributed by atoms with Crippen molar-refractivity contribution < 1.29 is 9.90 Å². The highest BCUT2D eigenvalue weighted by Gasteiger charge is 2.08. The van der Waals surface area contributed by atoms with Gasteiger partial charge >= 0.3 is 5.97 Å². The fourth-order valence-corrected chi connectivity index (χ4v) is 1.87. The van der Waals surface area contributed by atoms with Crippen LogP contribution < -0.4 is 0 Å². The number of fused-ring (bicyclic) bond motifs is 1. The van der Waals surface area contributed by atoms with Crippen molar-refractivity contribution in [2.45, 2.75) is 19.9 Å². The van der Waals surface area contributed by atoms with Crippen LogP contribution in [0.1, 0.15) is 12.2 Å². The van der Waals surface area contributed by atoms with Gasteiger partial charge in [-0.05, 0) is 25.1 Å². The van der Waals surface area contributed by atoms with Gasteiger partial charge < -0.3 is 9.67 Å². The first-order valence-corrected chi connectivity index (χ1v) is 5.30. The Morgan fingerprint density at radius 1 is 1.56 bits per heavy atom. The zero-order chi connectivity index (χ0) is 11.7. The van der Waals surface area contributed by atoms with Crippen LogP contribution in [0.2, 0.25) is 5.02 Å². The molecule has 1 aromatic carbocycles. The predicted octanol–water partition coefficient (Wildman–Crippen LogP) is 2.47. The maximum absolute atomic E-state index is 10.5. The molecular weight excluding hydrogens is 228 g/mol. The van der Waals surface area contributed by atoms with Crippen molar-refractivity contribution in [2.75, 3.05) is 0 Å². The maximum Gasteiger partial charge on any atom is 0.305 e. The second-order valence-corrected chi connectivity index (χ2v) is 4.02. The number of carboxylic acids is 1. The van der Waals surface area contributed by atoms with Crippen molar-refractivity contribution in [3.05, 3.63) is 29.0 Å². The highest BCUT2D eigenvalue weighted by Crippen LogP contribution is 2.20. The number of nitrogens with zero attached hydrogens (tertiary/aromatic N) is 2. The molecule has 1 N–H and O–H groups in total. The second-order valence-electron chi connectivity index (χ2n) is 3.59. The molecule has 1 heterocycles. The molecule has 16 heavy (non-hydrogen) atoms. The summed E-state index contributed by atoms with van der Waals surface area (Å²) in [7, 11) is 0. The van der Waals surface area contributed by atoms with E-state index in [-0.39, 0.29) is 6.42 Å². The van der Waals surface area contributed by atoms with Gasteiger partial charge in [0.2, 0.25) is 0 Å². The zero-order valence-corrected chi connectivity index (χ0v) is 9.53. The Morgan fingerprint density at radius 3 is 3.00 bits per heavy atom. The van der Waals surface area contributed by atoms with E-state index < -0.39 is 5.97 Å². The van der Waals surface area contributed by atoms with Gasteiger partial charge in [0, 0.05) is 11.6 Å². The van der Waals surface area contributed by atoms with Gasteiger partial charge in [-0.15, -0.1) is 0 Å². The topological polar surface area (TPSA) is 55.1 Å². The van der Waals surface area contributed by atoms with Crippen LogP contribution in [0.3, 0.4) is 0 Å². The predicted molar refractivity (Wildman–Crippen MR) is 61.7 cm³/mol. The Balaban J connectivity index is 2.45. The number of carbonyl (C=O) groups is 1. The van der Waals surface area contributed by atoms with E-state index in [1.807, 2.05) is 17.6 Å². The van der Waals surface area contributed by atoms with Crippen LogP contribution in [0.5, 0.6) is 0 Å². The molecule has 0 saturated carbocycles. The number of aliphatic carboxylic acids is 1. The largest absolute Gasteiger partial charge is 0.481 e. The van der Waals surface area contributed by atoms with Crippen LogP contribution >= 0.6 is 11.6 Å². The van der Waals surface area contributed by atoms with Crippen LogP contribution in [0.4, 0.5) is 0 Å². The lowest BCUT2D eigenvalue weighted by Crippen LogP contribution is -2.05. The van der Waals surface area contributed by atoms with Crippen LogP contribution in [-0.4, -0.2) is 20.6 Å². The Morgan fingerprint density at radius 2 is 2.31 bits per heavy atom. The third-order valence-electron chi connectivity index (χ3n) is 2.45. The molecule has 0 saturated heterocycles. The molecule has 0 unspecified atom stereocenters. The van der Waals surface area contributed by atoms with Gasteiger partial charge in [0.1, 0.15) is 5.82 Å². The molecule has 0 bridgehead atoms. The van der Waals surface area contributed by atoms with Gasteiger partial charge in [-0.1, -0.05) is 11.6 Å². The molecule has 84 valence electrons. The van der Waals surface area contributed by atoms with E-state index in [1.165, 1.54) is 0 Å². The van der Waals surface area contributed by atoms with Crippen LogP contribution in [0.25, 0.3) is 11.0 Å². The van der Waals surface area contributed by atoms with E-state index in [0.29, 0.717) is 11.6 Å². The van der Waals surface area contributed by atoms with Gasteiger partial charge in [-0.3, -0.25) is 4.79 Å². The second kappa shape index (κ2) is 4.14. The average molecular weight is 239 g/mol. The molecular formula is C11H11ClN2O2. The number of rotatable bonds is 3. The number of hydrogen-bond acceptors (Lipinski definition) is 2.